The average molecular weight is 646 g/mol. The second kappa shape index (κ2) is 16.0. The summed E-state index contributed by atoms with van der Waals surface area (Å²) < 4.78 is 21.8. The third kappa shape index (κ3) is 7.79. The van der Waals surface area contributed by atoms with Crippen LogP contribution >= 0.6 is 0 Å². The first-order chi connectivity index (χ1) is 20.7. The molecule has 0 saturated carbocycles. The monoisotopic (exact) mass is 645 g/mol. The van der Waals surface area contributed by atoms with E-state index < -0.39 is 130 Å². The molecule has 19 heteroatoms. The Labute approximate surface area is 250 Å². The first kappa shape index (κ1) is 37.2. The van der Waals surface area contributed by atoms with Crippen molar-refractivity contribution in [3.05, 3.63) is 11.6 Å². The molecule has 2 saturated heterocycles. The van der Waals surface area contributed by atoms with E-state index in [1.54, 1.807) is 0 Å². The van der Waals surface area contributed by atoms with Gasteiger partial charge in [0.1, 0.15) is 79.4 Å². The molecule has 0 aromatic heterocycles. The molecule has 3 rings (SSSR count). The summed E-state index contributed by atoms with van der Waals surface area (Å²) >= 11 is 0. The Morgan fingerprint density at radius 2 is 1.50 bits per heavy atom. The Morgan fingerprint density at radius 1 is 0.864 bits per heavy atom. The molecule has 0 bridgehead atoms. The van der Waals surface area contributed by atoms with Gasteiger partial charge in [0, 0.05) is 0 Å². The summed E-state index contributed by atoms with van der Waals surface area (Å²) in [5.41, 5.74) is -0.0403. The van der Waals surface area contributed by atoms with Gasteiger partial charge in [0.15, 0.2) is 18.9 Å². The minimum atomic E-state index is -2.05. The fraction of sp³-hybridized carbons (Fsp3) is 0.880. The first-order valence-electron chi connectivity index (χ1n) is 13.9. The van der Waals surface area contributed by atoms with E-state index in [2.05, 4.69) is 5.32 Å². The second-order valence-corrected chi connectivity index (χ2v) is 11.0. The number of rotatable bonds is 13. The quantitative estimate of drug-likeness (QED) is 0.0653. The number of aliphatic hydroxyl groups excluding tert-OH is 13. The summed E-state index contributed by atoms with van der Waals surface area (Å²) in [6, 6.07) is -2.41. The van der Waals surface area contributed by atoms with E-state index in [4.69, 9.17) is 18.9 Å². The standard InChI is InChI=1S/C25H43NO18/c1-7-13(17(36)20(39)24(41-7)44-23(11(32)5-29)15(34)10(31)4-28)26-9-2-8(3-27)22(19(38)14(9)33)43-25-21(40)18(37)16(35)12(6-30)42-25/h2,4,7,9-27,29-40H,3,5-6H2,1H3. The van der Waals surface area contributed by atoms with Gasteiger partial charge in [-0.3, -0.25) is 0 Å². The third-order valence-electron chi connectivity index (χ3n) is 8.02. The van der Waals surface area contributed by atoms with Crippen LogP contribution in [0, 0.1) is 0 Å². The van der Waals surface area contributed by atoms with E-state index in [1.165, 1.54) is 13.0 Å². The third-order valence-corrected chi connectivity index (χ3v) is 8.02. The zero-order chi connectivity index (χ0) is 33.0. The number of aldehydes is 1. The molecule has 19 nitrogen and oxygen atoms in total. The van der Waals surface area contributed by atoms with E-state index in [0.717, 1.165) is 0 Å². The first-order valence-corrected chi connectivity index (χ1v) is 13.9. The predicted octanol–water partition coefficient (Wildman–Crippen LogP) is -8.72. The average Bonchev–Trinajstić information content (AvgIpc) is 3.02. The van der Waals surface area contributed by atoms with Gasteiger partial charge in [-0.05, 0) is 12.5 Å². The summed E-state index contributed by atoms with van der Waals surface area (Å²) in [6.07, 6.45) is -26.3. The number of aliphatic hydroxyl groups is 13. The molecule has 2 aliphatic heterocycles. The molecule has 256 valence electrons. The number of hydrogen-bond donors (Lipinski definition) is 14. The van der Waals surface area contributed by atoms with Crippen LogP contribution in [0.25, 0.3) is 0 Å². The van der Waals surface area contributed by atoms with Crippen LogP contribution < -0.4 is 5.32 Å². The van der Waals surface area contributed by atoms with Crippen LogP contribution in [-0.2, 0) is 23.7 Å². The lowest BCUT2D eigenvalue weighted by atomic mass is 9.86. The largest absolute Gasteiger partial charge is 0.394 e. The lowest BCUT2D eigenvalue weighted by Gasteiger charge is -2.46. The van der Waals surface area contributed by atoms with Crippen LogP contribution in [0.1, 0.15) is 6.92 Å². The highest BCUT2D eigenvalue weighted by Gasteiger charge is 2.50. The Balaban J connectivity index is 1.74. The molecule has 3 aliphatic rings. The zero-order valence-electron chi connectivity index (χ0n) is 23.5. The fourth-order valence-corrected chi connectivity index (χ4v) is 5.35. The topological polar surface area (TPSA) is 329 Å². The highest BCUT2D eigenvalue weighted by Crippen LogP contribution is 2.31. The van der Waals surface area contributed by atoms with E-state index in [1.807, 2.05) is 0 Å². The molecule has 0 radical (unpaired) electrons. The number of nitrogens with one attached hydrogen (secondary N) is 1. The number of carbonyl (C=O) groups excluding carboxylic acids is 1. The molecule has 0 aromatic carbocycles. The Kier molecular flexibility index (Phi) is 13.5. The van der Waals surface area contributed by atoms with Crippen molar-refractivity contribution in [3.63, 3.8) is 0 Å². The minimum Gasteiger partial charge on any atom is -0.394 e. The molecule has 2 fully saturated rings. The highest BCUT2D eigenvalue weighted by molar-refractivity contribution is 5.56. The fourth-order valence-electron chi connectivity index (χ4n) is 5.35. The zero-order valence-corrected chi connectivity index (χ0v) is 23.5. The van der Waals surface area contributed by atoms with Crippen molar-refractivity contribution in [2.24, 2.45) is 0 Å². The molecular weight excluding hydrogens is 602 g/mol. The molecule has 44 heavy (non-hydrogen) atoms. The van der Waals surface area contributed by atoms with Crippen molar-refractivity contribution < 1.29 is 90.1 Å². The highest BCUT2D eigenvalue weighted by atomic mass is 16.7. The molecular formula is C25H43NO18. The molecule has 0 amide bonds. The molecule has 1 aliphatic carbocycles. The van der Waals surface area contributed by atoms with Gasteiger partial charge in [-0.2, -0.15) is 0 Å². The number of hydrogen-bond acceptors (Lipinski definition) is 19. The van der Waals surface area contributed by atoms with Gasteiger partial charge in [0.2, 0.25) is 0 Å². The van der Waals surface area contributed by atoms with Crippen LogP contribution in [-0.4, -0.2) is 203 Å². The van der Waals surface area contributed by atoms with E-state index in [9.17, 15) is 71.2 Å². The van der Waals surface area contributed by atoms with Gasteiger partial charge in [0.05, 0.1) is 38.0 Å². The SMILES string of the molecule is CC1OC(OC(C(O)CO)C(O)C(O)C=O)C(O)C(O)C1NC1C=C(CO)C(OC2OC(CO)C(O)C(O)C2O)C(O)C1O. The van der Waals surface area contributed by atoms with Gasteiger partial charge < -0.3 is 95.4 Å². The summed E-state index contributed by atoms with van der Waals surface area (Å²) in [6.45, 7) is -1.06. The van der Waals surface area contributed by atoms with Gasteiger partial charge >= 0.3 is 0 Å². The van der Waals surface area contributed by atoms with Crippen molar-refractivity contribution in [3.8, 4) is 0 Å². The van der Waals surface area contributed by atoms with Crippen molar-refractivity contribution in [1.82, 2.24) is 5.32 Å². The number of ether oxygens (including phenoxy) is 4. The van der Waals surface area contributed by atoms with Crippen LogP contribution in [0.3, 0.4) is 0 Å². The molecule has 18 atom stereocenters. The summed E-state index contributed by atoms with van der Waals surface area (Å²) in [4.78, 5) is 10.9. The molecule has 0 aromatic rings. The van der Waals surface area contributed by atoms with Gasteiger partial charge in [-0.15, -0.1) is 0 Å². The van der Waals surface area contributed by atoms with Gasteiger partial charge in [0.25, 0.3) is 0 Å². The summed E-state index contributed by atoms with van der Waals surface area (Å²) in [5, 5.41) is 135. The van der Waals surface area contributed by atoms with Crippen molar-refractivity contribution in [2.75, 3.05) is 19.8 Å². The Morgan fingerprint density at radius 3 is 2.07 bits per heavy atom. The second-order valence-electron chi connectivity index (χ2n) is 11.0. The lowest BCUT2D eigenvalue weighted by Crippen LogP contribution is -2.67. The van der Waals surface area contributed by atoms with Gasteiger partial charge in [-0.1, -0.05) is 6.08 Å². The maximum Gasteiger partial charge on any atom is 0.187 e. The predicted molar refractivity (Wildman–Crippen MR) is 139 cm³/mol. The van der Waals surface area contributed by atoms with Crippen molar-refractivity contribution >= 4 is 6.29 Å². The molecule has 14 N–H and O–H groups in total. The lowest BCUT2D eigenvalue weighted by molar-refractivity contribution is -0.317. The summed E-state index contributed by atoms with van der Waals surface area (Å²) in [5.74, 6) is 0. The molecule has 18 unspecified atom stereocenters. The normalized spacial score (nSPS) is 44.4. The van der Waals surface area contributed by atoms with Crippen molar-refractivity contribution in [2.45, 2.75) is 117 Å². The maximum absolute atomic E-state index is 10.9. The van der Waals surface area contributed by atoms with Crippen molar-refractivity contribution in [1.29, 1.82) is 0 Å². The number of carbonyl (C=O) groups is 1. The maximum atomic E-state index is 10.9. The van der Waals surface area contributed by atoms with Crippen LogP contribution in [0.5, 0.6) is 0 Å². The smallest absolute Gasteiger partial charge is 0.187 e. The van der Waals surface area contributed by atoms with E-state index in [0.29, 0.717) is 0 Å². The van der Waals surface area contributed by atoms with Crippen LogP contribution in [0.2, 0.25) is 0 Å². The van der Waals surface area contributed by atoms with Gasteiger partial charge in [-0.25, -0.2) is 0 Å². The van der Waals surface area contributed by atoms with Crippen LogP contribution in [0.15, 0.2) is 11.6 Å². The Hall–Kier alpha value is -1.31. The van der Waals surface area contributed by atoms with Crippen LogP contribution in [0.4, 0.5) is 0 Å². The van der Waals surface area contributed by atoms with E-state index in [-0.39, 0.29) is 11.9 Å². The Bertz CT molecular complexity index is 943. The molecule has 0 spiro atoms. The minimum absolute atomic E-state index is 0.0403. The summed E-state index contributed by atoms with van der Waals surface area (Å²) in [7, 11) is 0. The van der Waals surface area contributed by atoms with E-state index >= 15 is 0 Å². The molecule has 2 heterocycles.